The number of benzene rings is 2. The Kier molecular flexibility index (Phi) is 5.06. The van der Waals surface area contributed by atoms with Gasteiger partial charge in [0.05, 0.1) is 17.6 Å². The monoisotopic (exact) mass is 435 g/mol. The maximum absolute atomic E-state index is 13.3. The molecule has 2 aromatic carbocycles. The van der Waals surface area contributed by atoms with Crippen LogP contribution >= 0.6 is 11.6 Å². The molecule has 0 aliphatic rings. The van der Waals surface area contributed by atoms with Crippen LogP contribution in [0, 0.1) is 5.82 Å². The lowest BCUT2D eigenvalue weighted by molar-refractivity contribution is -0.0437. The van der Waals surface area contributed by atoms with Gasteiger partial charge in [0.15, 0.2) is 0 Å². The summed E-state index contributed by atoms with van der Waals surface area (Å²) in [6.07, 6.45) is 1.12. The van der Waals surface area contributed by atoms with Crippen molar-refractivity contribution in [3.05, 3.63) is 47.5 Å². The van der Waals surface area contributed by atoms with E-state index in [4.69, 9.17) is 16.3 Å². The third-order valence-corrected chi connectivity index (χ3v) is 5.49. The van der Waals surface area contributed by atoms with Gasteiger partial charge < -0.3 is 10.1 Å². The molecule has 0 atom stereocenters. The third-order valence-electron chi connectivity index (χ3n) is 3.70. The molecule has 0 aliphatic heterocycles. The first-order valence-electron chi connectivity index (χ1n) is 7.41. The van der Waals surface area contributed by atoms with Gasteiger partial charge in [-0.1, -0.05) is 11.6 Å². The molecule has 0 saturated carbocycles. The van der Waals surface area contributed by atoms with Crippen LogP contribution in [0.1, 0.15) is 0 Å². The SMILES string of the molecule is COc1cc2ncnc(Nc3ccc(F)c(Cl)c3)c2cc1S(=O)(=O)C(F)(F)F. The normalized spacial score (nSPS) is 12.2. The number of fused-ring (bicyclic) bond motifs is 1. The number of ether oxygens (including phenoxy) is 1. The Hall–Kier alpha value is -2.66. The molecule has 1 aromatic heterocycles. The van der Waals surface area contributed by atoms with Gasteiger partial charge in [0.25, 0.3) is 9.84 Å². The Labute approximate surface area is 161 Å². The summed E-state index contributed by atoms with van der Waals surface area (Å²) in [5.41, 5.74) is -5.12. The maximum atomic E-state index is 13.3. The van der Waals surface area contributed by atoms with E-state index >= 15 is 0 Å². The molecule has 12 heteroatoms. The summed E-state index contributed by atoms with van der Waals surface area (Å²) in [5, 5.41) is 2.54. The number of alkyl halides is 3. The van der Waals surface area contributed by atoms with Crippen LogP contribution in [0.5, 0.6) is 5.75 Å². The zero-order valence-corrected chi connectivity index (χ0v) is 15.5. The van der Waals surface area contributed by atoms with Crippen LogP contribution in [-0.4, -0.2) is 31.0 Å². The molecule has 1 heterocycles. The van der Waals surface area contributed by atoms with Crippen molar-refractivity contribution in [1.82, 2.24) is 9.97 Å². The molecule has 0 spiro atoms. The molecule has 0 radical (unpaired) electrons. The van der Waals surface area contributed by atoms with Gasteiger partial charge in [-0.05, 0) is 24.3 Å². The molecule has 1 N–H and O–H groups in total. The highest BCUT2D eigenvalue weighted by atomic mass is 35.5. The van der Waals surface area contributed by atoms with Crippen molar-refractivity contribution >= 4 is 43.8 Å². The van der Waals surface area contributed by atoms with E-state index in [1.54, 1.807) is 0 Å². The molecule has 0 fully saturated rings. The van der Waals surface area contributed by atoms with Gasteiger partial charge in [0.1, 0.15) is 28.6 Å². The molecule has 3 rings (SSSR count). The van der Waals surface area contributed by atoms with E-state index in [-0.39, 0.29) is 27.4 Å². The number of nitrogens with one attached hydrogen (secondary N) is 1. The van der Waals surface area contributed by atoms with Gasteiger partial charge in [-0.15, -0.1) is 0 Å². The van der Waals surface area contributed by atoms with Crippen LogP contribution in [-0.2, 0) is 9.84 Å². The zero-order chi connectivity index (χ0) is 20.7. The molecule has 0 aliphatic carbocycles. The highest BCUT2D eigenvalue weighted by Crippen LogP contribution is 2.39. The summed E-state index contributed by atoms with van der Waals surface area (Å²) in [4.78, 5) is 6.76. The molecular formula is C16H10ClF4N3O3S. The van der Waals surface area contributed by atoms with Crippen LogP contribution in [0.3, 0.4) is 0 Å². The largest absolute Gasteiger partial charge is 0.502 e. The second kappa shape index (κ2) is 7.06. The highest BCUT2D eigenvalue weighted by Gasteiger charge is 2.48. The predicted molar refractivity (Wildman–Crippen MR) is 94.0 cm³/mol. The molecule has 28 heavy (non-hydrogen) atoms. The van der Waals surface area contributed by atoms with E-state index < -0.39 is 31.8 Å². The van der Waals surface area contributed by atoms with Gasteiger partial charge >= 0.3 is 5.51 Å². The lowest BCUT2D eigenvalue weighted by Crippen LogP contribution is -2.23. The fraction of sp³-hybridized carbons (Fsp3) is 0.125. The van der Waals surface area contributed by atoms with Gasteiger partial charge in [0, 0.05) is 17.1 Å². The zero-order valence-electron chi connectivity index (χ0n) is 13.9. The van der Waals surface area contributed by atoms with E-state index in [1.165, 1.54) is 12.1 Å². The summed E-state index contributed by atoms with van der Waals surface area (Å²) in [5.74, 6) is -1.18. The number of hydrogen-bond donors (Lipinski definition) is 1. The Bertz CT molecular complexity index is 1170. The van der Waals surface area contributed by atoms with Gasteiger partial charge in [-0.2, -0.15) is 13.2 Å². The number of hydrogen-bond acceptors (Lipinski definition) is 6. The van der Waals surface area contributed by atoms with Crippen LogP contribution in [0.25, 0.3) is 10.9 Å². The molecule has 0 saturated heterocycles. The molecule has 0 unspecified atom stereocenters. The molecule has 3 aromatic rings. The van der Waals surface area contributed by atoms with Crippen molar-refractivity contribution in [2.45, 2.75) is 10.4 Å². The Morgan fingerprint density at radius 2 is 1.86 bits per heavy atom. The molecule has 148 valence electrons. The van der Waals surface area contributed by atoms with Gasteiger partial charge in [-0.3, -0.25) is 0 Å². The summed E-state index contributed by atoms with van der Waals surface area (Å²) in [7, 11) is -4.65. The van der Waals surface area contributed by atoms with Crippen molar-refractivity contribution in [3.63, 3.8) is 0 Å². The van der Waals surface area contributed by atoms with Crippen LogP contribution in [0.15, 0.2) is 41.6 Å². The molecule has 6 nitrogen and oxygen atoms in total. The first-order chi connectivity index (χ1) is 13.0. The highest BCUT2D eigenvalue weighted by molar-refractivity contribution is 7.92. The first-order valence-corrected chi connectivity index (χ1v) is 9.27. The number of nitrogens with zero attached hydrogens (tertiary/aromatic N) is 2. The Balaban J connectivity index is 2.20. The molecule has 0 bridgehead atoms. The fourth-order valence-electron chi connectivity index (χ4n) is 2.37. The Morgan fingerprint density at radius 3 is 2.46 bits per heavy atom. The summed E-state index contributed by atoms with van der Waals surface area (Å²) >= 11 is 5.70. The van der Waals surface area contributed by atoms with Crippen molar-refractivity contribution in [1.29, 1.82) is 0 Å². The number of halogens is 5. The second-order valence-corrected chi connectivity index (χ2v) is 7.76. The van der Waals surface area contributed by atoms with Gasteiger partial charge in [0.2, 0.25) is 0 Å². The lowest BCUT2D eigenvalue weighted by Gasteiger charge is -2.14. The van der Waals surface area contributed by atoms with E-state index in [2.05, 4.69) is 15.3 Å². The van der Waals surface area contributed by atoms with E-state index in [1.807, 2.05) is 0 Å². The average molecular weight is 436 g/mol. The standard InChI is InChI=1S/C16H10ClF4N3O3S/c1-27-13-6-12-9(5-14(13)28(25,26)16(19,20)21)15(23-7-22-12)24-8-2-3-11(18)10(17)4-8/h2-7H,1H3,(H,22,23,24). The van der Waals surface area contributed by atoms with Crippen LogP contribution < -0.4 is 10.1 Å². The quantitative estimate of drug-likeness (QED) is 0.609. The molecule has 0 amide bonds. The number of methoxy groups -OCH3 is 1. The summed E-state index contributed by atoms with van der Waals surface area (Å²) < 4.78 is 81.0. The smallest absolute Gasteiger partial charge is 0.495 e. The fourth-order valence-corrected chi connectivity index (χ4v) is 3.48. The number of rotatable bonds is 4. The number of sulfone groups is 1. The minimum atomic E-state index is -5.69. The van der Waals surface area contributed by atoms with Crippen LogP contribution in [0.4, 0.5) is 29.1 Å². The van der Waals surface area contributed by atoms with E-state index in [9.17, 15) is 26.0 Å². The number of aromatic nitrogens is 2. The first kappa shape index (κ1) is 20.1. The van der Waals surface area contributed by atoms with Crippen molar-refractivity contribution in [2.24, 2.45) is 0 Å². The van der Waals surface area contributed by atoms with Crippen LogP contribution in [0.2, 0.25) is 5.02 Å². The average Bonchev–Trinajstić information content (AvgIpc) is 2.63. The Morgan fingerprint density at radius 1 is 1.14 bits per heavy atom. The van der Waals surface area contributed by atoms with Crippen molar-refractivity contribution < 1.29 is 30.7 Å². The summed E-state index contributed by atoms with van der Waals surface area (Å²) in [6.45, 7) is 0. The maximum Gasteiger partial charge on any atom is 0.502 e. The minimum Gasteiger partial charge on any atom is -0.495 e. The third kappa shape index (κ3) is 3.54. The minimum absolute atomic E-state index is 0.00560. The van der Waals surface area contributed by atoms with E-state index in [0.717, 1.165) is 31.6 Å². The van der Waals surface area contributed by atoms with Gasteiger partial charge in [-0.25, -0.2) is 22.8 Å². The predicted octanol–water partition coefficient (Wildman–Crippen LogP) is 4.47. The number of anilines is 2. The van der Waals surface area contributed by atoms with Crippen molar-refractivity contribution in [2.75, 3.05) is 12.4 Å². The topological polar surface area (TPSA) is 81.2 Å². The molecular weight excluding hydrogens is 426 g/mol. The second-order valence-electron chi connectivity index (χ2n) is 5.45. The van der Waals surface area contributed by atoms with Crippen molar-refractivity contribution in [3.8, 4) is 5.75 Å². The lowest BCUT2D eigenvalue weighted by atomic mass is 10.2. The summed E-state index contributed by atoms with van der Waals surface area (Å²) in [6, 6.07) is 5.47. The van der Waals surface area contributed by atoms with E-state index in [0.29, 0.717) is 0 Å².